The molecule has 7 heteroatoms. The molecule has 2 heterocycles. The number of amides is 1. The summed E-state index contributed by atoms with van der Waals surface area (Å²) in [5.41, 5.74) is 3.00. The van der Waals surface area contributed by atoms with E-state index in [0.29, 0.717) is 31.1 Å². The SMILES string of the molecule is CC(C)(C)c1ccc(S(=O)(=O)N2CCN(Cc3ccc(C(=O)N4CCCC4)cc3)CC2)cc1. The number of hydrogen-bond donors (Lipinski definition) is 0. The molecule has 2 aliphatic rings. The lowest BCUT2D eigenvalue weighted by Gasteiger charge is -2.34. The highest BCUT2D eigenvalue weighted by atomic mass is 32.2. The van der Waals surface area contributed by atoms with Crippen LogP contribution in [0.5, 0.6) is 0 Å². The van der Waals surface area contributed by atoms with E-state index in [1.807, 2.05) is 41.3 Å². The van der Waals surface area contributed by atoms with Crippen LogP contribution in [0.4, 0.5) is 0 Å². The molecule has 33 heavy (non-hydrogen) atoms. The highest BCUT2D eigenvalue weighted by Gasteiger charge is 2.29. The molecule has 0 spiro atoms. The molecule has 0 atom stereocenters. The molecule has 2 fully saturated rings. The Morgan fingerprint density at radius 1 is 0.818 bits per heavy atom. The molecule has 2 saturated heterocycles. The summed E-state index contributed by atoms with van der Waals surface area (Å²) >= 11 is 0. The number of rotatable bonds is 5. The van der Waals surface area contributed by atoms with Crippen molar-refractivity contribution >= 4 is 15.9 Å². The average Bonchev–Trinajstić information content (AvgIpc) is 3.34. The van der Waals surface area contributed by atoms with Gasteiger partial charge in [0.2, 0.25) is 10.0 Å². The Morgan fingerprint density at radius 2 is 1.39 bits per heavy atom. The first kappa shape index (κ1) is 23.9. The molecule has 178 valence electrons. The predicted octanol–water partition coefficient (Wildman–Crippen LogP) is 3.73. The summed E-state index contributed by atoms with van der Waals surface area (Å²) in [7, 11) is -3.48. The monoisotopic (exact) mass is 469 g/mol. The molecule has 4 rings (SSSR count). The van der Waals surface area contributed by atoms with Crippen molar-refractivity contribution in [2.24, 2.45) is 0 Å². The van der Waals surface area contributed by atoms with E-state index in [1.165, 1.54) is 0 Å². The number of carbonyl (C=O) groups is 1. The summed E-state index contributed by atoms with van der Waals surface area (Å²) < 4.78 is 27.8. The first-order chi connectivity index (χ1) is 15.6. The van der Waals surface area contributed by atoms with Gasteiger partial charge in [-0.2, -0.15) is 4.31 Å². The van der Waals surface area contributed by atoms with Gasteiger partial charge >= 0.3 is 0 Å². The van der Waals surface area contributed by atoms with Crippen molar-refractivity contribution in [3.05, 3.63) is 65.2 Å². The van der Waals surface area contributed by atoms with Gasteiger partial charge in [-0.25, -0.2) is 8.42 Å². The second-order valence-electron chi connectivity index (χ2n) is 10.2. The summed E-state index contributed by atoms with van der Waals surface area (Å²) in [6.45, 7) is 11.2. The first-order valence-electron chi connectivity index (χ1n) is 11.9. The van der Waals surface area contributed by atoms with E-state index in [9.17, 15) is 13.2 Å². The van der Waals surface area contributed by atoms with Crippen LogP contribution < -0.4 is 0 Å². The van der Waals surface area contributed by atoms with Crippen LogP contribution in [0.1, 0.15) is 55.1 Å². The molecular weight excluding hydrogens is 434 g/mol. The number of piperazine rings is 1. The van der Waals surface area contributed by atoms with Crippen molar-refractivity contribution in [1.82, 2.24) is 14.1 Å². The molecule has 6 nitrogen and oxygen atoms in total. The molecule has 0 radical (unpaired) electrons. The Balaban J connectivity index is 1.32. The summed E-state index contributed by atoms with van der Waals surface area (Å²) in [6, 6.07) is 15.2. The van der Waals surface area contributed by atoms with Crippen LogP contribution in [-0.4, -0.2) is 67.7 Å². The molecule has 0 aromatic heterocycles. The van der Waals surface area contributed by atoms with Crippen LogP contribution in [0.15, 0.2) is 53.4 Å². The lowest BCUT2D eigenvalue weighted by Crippen LogP contribution is -2.48. The number of likely N-dealkylation sites (tertiary alicyclic amines) is 1. The van der Waals surface area contributed by atoms with E-state index in [0.717, 1.165) is 49.2 Å². The molecule has 2 aromatic carbocycles. The minimum absolute atomic E-state index is 0.00636. The Bertz CT molecular complexity index is 1060. The summed E-state index contributed by atoms with van der Waals surface area (Å²) in [5.74, 6) is 0.119. The van der Waals surface area contributed by atoms with Crippen molar-refractivity contribution in [3.8, 4) is 0 Å². The van der Waals surface area contributed by atoms with E-state index in [2.05, 4.69) is 25.7 Å². The molecule has 2 aliphatic heterocycles. The fourth-order valence-corrected chi connectivity index (χ4v) is 5.94. The smallest absolute Gasteiger partial charge is 0.253 e. The van der Waals surface area contributed by atoms with Crippen LogP contribution in [0.25, 0.3) is 0 Å². The van der Waals surface area contributed by atoms with Crippen LogP contribution in [0.2, 0.25) is 0 Å². The van der Waals surface area contributed by atoms with Gasteiger partial charge in [0.1, 0.15) is 0 Å². The van der Waals surface area contributed by atoms with E-state index in [1.54, 1.807) is 16.4 Å². The minimum Gasteiger partial charge on any atom is -0.339 e. The van der Waals surface area contributed by atoms with Crippen LogP contribution in [0.3, 0.4) is 0 Å². The third-order valence-electron chi connectivity index (χ3n) is 6.69. The summed E-state index contributed by atoms with van der Waals surface area (Å²) in [6.07, 6.45) is 2.18. The van der Waals surface area contributed by atoms with Gasteiger partial charge in [-0.3, -0.25) is 9.69 Å². The van der Waals surface area contributed by atoms with E-state index >= 15 is 0 Å². The molecule has 0 unspecified atom stereocenters. The van der Waals surface area contributed by atoms with Crippen LogP contribution in [0, 0.1) is 0 Å². The Labute approximate surface area is 198 Å². The Kier molecular flexibility index (Phi) is 6.93. The Morgan fingerprint density at radius 3 is 1.94 bits per heavy atom. The number of benzene rings is 2. The van der Waals surface area contributed by atoms with Gasteiger partial charge in [0.15, 0.2) is 0 Å². The van der Waals surface area contributed by atoms with Crippen molar-refractivity contribution < 1.29 is 13.2 Å². The zero-order valence-electron chi connectivity index (χ0n) is 20.0. The van der Waals surface area contributed by atoms with E-state index in [-0.39, 0.29) is 11.3 Å². The zero-order valence-corrected chi connectivity index (χ0v) is 20.8. The van der Waals surface area contributed by atoms with Crippen molar-refractivity contribution in [3.63, 3.8) is 0 Å². The normalized spacial score (nSPS) is 18.6. The van der Waals surface area contributed by atoms with E-state index < -0.39 is 10.0 Å². The average molecular weight is 470 g/mol. The first-order valence-corrected chi connectivity index (χ1v) is 13.3. The number of sulfonamides is 1. The molecule has 1 amide bonds. The van der Waals surface area contributed by atoms with Gasteiger partial charge in [-0.15, -0.1) is 0 Å². The fraction of sp³-hybridized carbons (Fsp3) is 0.500. The van der Waals surface area contributed by atoms with Crippen LogP contribution in [-0.2, 0) is 22.0 Å². The second kappa shape index (κ2) is 9.57. The Hall–Kier alpha value is -2.22. The molecular formula is C26H35N3O3S. The zero-order chi connectivity index (χ0) is 23.6. The maximum absolute atomic E-state index is 13.1. The lowest BCUT2D eigenvalue weighted by molar-refractivity contribution is 0.0793. The molecule has 0 saturated carbocycles. The molecule has 0 aliphatic carbocycles. The van der Waals surface area contributed by atoms with Gasteiger partial charge < -0.3 is 4.90 Å². The highest BCUT2D eigenvalue weighted by Crippen LogP contribution is 2.25. The van der Waals surface area contributed by atoms with Crippen LogP contribution >= 0.6 is 0 Å². The molecule has 0 bridgehead atoms. The van der Waals surface area contributed by atoms with Gasteiger partial charge in [-0.1, -0.05) is 45.0 Å². The summed E-state index contributed by atoms with van der Waals surface area (Å²) in [5, 5.41) is 0. The van der Waals surface area contributed by atoms with Gasteiger partial charge in [0, 0.05) is 51.4 Å². The van der Waals surface area contributed by atoms with Gasteiger partial charge in [0.05, 0.1) is 4.90 Å². The van der Waals surface area contributed by atoms with Crippen molar-refractivity contribution in [2.75, 3.05) is 39.3 Å². The maximum Gasteiger partial charge on any atom is 0.253 e. The van der Waals surface area contributed by atoms with E-state index in [4.69, 9.17) is 0 Å². The largest absolute Gasteiger partial charge is 0.339 e. The topological polar surface area (TPSA) is 60.9 Å². The maximum atomic E-state index is 13.1. The fourth-order valence-electron chi connectivity index (χ4n) is 4.52. The third kappa shape index (κ3) is 5.48. The molecule has 2 aromatic rings. The summed E-state index contributed by atoms with van der Waals surface area (Å²) in [4.78, 5) is 17.1. The second-order valence-corrected chi connectivity index (χ2v) is 12.1. The van der Waals surface area contributed by atoms with Gasteiger partial charge in [0.25, 0.3) is 5.91 Å². The third-order valence-corrected chi connectivity index (χ3v) is 8.60. The minimum atomic E-state index is -3.48. The standard InChI is InChI=1S/C26H35N3O3S/c1-26(2,3)23-10-12-24(13-11-23)33(31,32)29-18-16-27(17-19-29)20-21-6-8-22(9-7-21)25(30)28-14-4-5-15-28/h6-13H,4-5,14-20H2,1-3H3. The number of nitrogens with zero attached hydrogens (tertiary/aromatic N) is 3. The number of carbonyl (C=O) groups excluding carboxylic acids is 1. The van der Waals surface area contributed by atoms with Crippen molar-refractivity contribution in [1.29, 1.82) is 0 Å². The molecule has 0 N–H and O–H groups in total. The predicted molar refractivity (Wildman–Crippen MR) is 131 cm³/mol. The van der Waals surface area contributed by atoms with Gasteiger partial charge in [-0.05, 0) is 53.6 Å². The lowest BCUT2D eigenvalue weighted by atomic mass is 9.87. The van der Waals surface area contributed by atoms with Crippen molar-refractivity contribution in [2.45, 2.75) is 50.5 Å². The quantitative estimate of drug-likeness (QED) is 0.670. The number of hydrogen-bond acceptors (Lipinski definition) is 4. The highest BCUT2D eigenvalue weighted by molar-refractivity contribution is 7.89.